The summed E-state index contributed by atoms with van der Waals surface area (Å²) in [7, 11) is 1.44. The maximum Gasteiger partial charge on any atom is 0.407 e. The van der Waals surface area contributed by atoms with Crippen LogP contribution in [-0.4, -0.2) is 42.7 Å². The molecule has 2 amide bonds. The summed E-state index contributed by atoms with van der Waals surface area (Å²) in [5.74, 6) is -0.455. The minimum atomic E-state index is -0.606. The molecule has 1 aromatic heterocycles. The van der Waals surface area contributed by atoms with Crippen LogP contribution in [0.25, 0.3) is 0 Å². The van der Waals surface area contributed by atoms with Crippen LogP contribution in [-0.2, 0) is 20.9 Å². The molecule has 4 rings (SSSR count). The molecule has 1 unspecified atom stereocenters. The molecular formula is C26H31N3O6. The molecule has 0 spiro atoms. The van der Waals surface area contributed by atoms with Crippen LogP contribution in [0, 0.1) is 11.8 Å². The van der Waals surface area contributed by atoms with Gasteiger partial charge < -0.3 is 24.4 Å². The fourth-order valence-corrected chi connectivity index (χ4v) is 4.88. The number of alkyl carbamates (subject to hydrolysis) is 1. The first-order valence-electron chi connectivity index (χ1n) is 11.9. The van der Waals surface area contributed by atoms with Crippen LogP contribution in [0.2, 0.25) is 0 Å². The van der Waals surface area contributed by atoms with Crippen molar-refractivity contribution in [2.75, 3.05) is 18.6 Å². The molecule has 2 heterocycles. The number of carbonyl (C=O) groups is 3. The van der Waals surface area contributed by atoms with Gasteiger partial charge in [0.15, 0.2) is 5.69 Å². The first kappa shape index (κ1) is 24.5. The van der Waals surface area contributed by atoms with Gasteiger partial charge in [0.05, 0.1) is 19.8 Å². The van der Waals surface area contributed by atoms with E-state index in [0.717, 1.165) is 18.4 Å². The van der Waals surface area contributed by atoms with Crippen molar-refractivity contribution in [2.24, 2.45) is 11.8 Å². The number of benzene rings is 1. The second kappa shape index (κ2) is 10.3. The van der Waals surface area contributed by atoms with E-state index in [-0.39, 0.29) is 42.7 Å². The molecule has 1 saturated carbocycles. The lowest BCUT2D eigenvalue weighted by Gasteiger charge is -2.45. The van der Waals surface area contributed by atoms with Crippen molar-refractivity contribution in [3.8, 4) is 5.88 Å². The van der Waals surface area contributed by atoms with E-state index in [4.69, 9.17) is 14.2 Å². The number of hydrogen-bond acceptors (Lipinski definition) is 7. The first-order valence-corrected chi connectivity index (χ1v) is 11.9. The molecule has 2 aromatic rings. The van der Waals surface area contributed by atoms with Crippen LogP contribution < -0.4 is 15.0 Å². The Bertz CT molecular complexity index is 1100. The monoisotopic (exact) mass is 481 g/mol. The Morgan fingerprint density at radius 1 is 1.14 bits per heavy atom. The Labute approximate surface area is 204 Å². The normalized spacial score (nSPS) is 21.0. The number of esters is 1. The van der Waals surface area contributed by atoms with Crippen molar-refractivity contribution in [1.29, 1.82) is 0 Å². The average Bonchev–Trinajstić information content (AvgIpc) is 3.69. The Kier molecular flexibility index (Phi) is 7.23. The predicted octanol–water partition coefficient (Wildman–Crippen LogP) is 4.02. The largest absolute Gasteiger partial charge is 0.479 e. The topological polar surface area (TPSA) is 107 Å². The van der Waals surface area contributed by atoms with Gasteiger partial charge in [-0.1, -0.05) is 37.3 Å². The van der Waals surface area contributed by atoms with Gasteiger partial charge in [0.25, 0.3) is 0 Å². The van der Waals surface area contributed by atoms with E-state index in [2.05, 4.69) is 10.3 Å². The Balaban J connectivity index is 1.73. The smallest absolute Gasteiger partial charge is 0.407 e. The van der Waals surface area contributed by atoms with Crippen LogP contribution >= 0.6 is 0 Å². The summed E-state index contributed by atoms with van der Waals surface area (Å²) in [5.41, 5.74) is 1.95. The summed E-state index contributed by atoms with van der Waals surface area (Å²) in [4.78, 5) is 44.3. The molecule has 9 nitrogen and oxygen atoms in total. The fourth-order valence-electron chi connectivity index (χ4n) is 4.88. The SMILES string of the molecule is CCOC(=O)c1cc2c(c(OC)n1)N(C(C)=O)[C@@H](C1CC1)[C@H](C)C2NC(=O)OCc1ccccc1. The van der Waals surface area contributed by atoms with Crippen molar-refractivity contribution >= 4 is 23.7 Å². The van der Waals surface area contributed by atoms with Crippen LogP contribution in [0.1, 0.15) is 61.3 Å². The minimum absolute atomic E-state index is 0.0486. The van der Waals surface area contributed by atoms with Crippen molar-refractivity contribution in [2.45, 2.75) is 52.3 Å². The molecular weight excluding hydrogens is 450 g/mol. The maximum absolute atomic E-state index is 12.9. The summed E-state index contributed by atoms with van der Waals surface area (Å²) >= 11 is 0. The Morgan fingerprint density at radius 3 is 2.46 bits per heavy atom. The molecule has 0 bridgehead atoms. The number of rotatable bonds is 7. The quantitative estimate of drug-likeness (QED) is 0.595. The van der Waals surface area contributed by atoms with Gasteiger partial charge in [0, 0.05) is 24.4 Å². The maximum atomic E-state index is 12.9. The third-order valence-electron chi connectivity index (χ3n) is 6.54. The number of carbonyl (C=O) groups excluding carboxylic acids is 3. The van der Waals surface area contributed by atoms with Gasteiger partial charge in [0.1, 0.15) is 12.3 Å². The number of amides is 2. The van der Waals surface area contributed by atoms with Crippen molar-refractivity contribution in [1.82, 2.24) is 10.3 Å². The van der Waals surface area contributed by atoms with Crippen molar-refractivity contribution < 1.29 is 28.6 Å². The lowest BCUT2D eigenvalue weighted by Crippen LogP contribution is -2.53. The van der Waals surface area contributed by atoms with E-state index in [1.807, 2.05) is 37.3 Å². The van der Waals surface area contributed by atoms with Gasteiger partial charge in [-0.05, 0) is 37.3 Å². The molecule has 9 heteroatoms. The lowest BCUT2D eigenvalue weighted by molar-refractivity contribution is -0.117. The zero-order chi connectivity index (χ0) is 25.1. The molecule has 1 N–H and O–H groups in total. The molecule has 0 radical (unpaired) electrons. The highest BCUT2D eigenvalue weighted by atomic mass is 16.5. The molecule has 1 fully saturated rings. The summed E-state index contributed by atoms with van der Waals surface area (Å²) < 4.78 is 16.2. The second-order valence-corrected chi connectivity index (χ2v) is 8.93. The van der Waals surface area contributed by atoms with Crippen LogP contribution in [0.5, 0.6) is 5.88 Å². The third-order valence-corrected chi connectivity index (χ3v) is 6.54. The first-order chi connectivity index (χ1) is 16.8. The minimum Gasteiger partial charge on any atom is -0.479 e. The number of nitrogens with zero attached hydrogens (tertiary/aromatic N) is 2. The van der Waals surface area contributed by atoms with E-state index in [9.17, 15) is 14.4 Å². The number of pyridine rings is 1. The summed E-state index contributed by atoms with van der Waals surface area (Å²) in [6.07, 6.45) is 1.40. The van der Waals surface area contributed by atoms with Gasteiger partial charge >= 0.3 is 12.1 Å². The van der Waals surface area contributed by atoms with Crippen molar-refractivity contribution in [3.63, 3.8) is 0 Å². The van der Waals surface area contributed by atoms with Crippen LogP contribution in [0.4, 0.5) is 10.5 Å². The highest BCUT2D eigenvalue weighted by Gasteiger charge is 2.49. The van der Waals surface area contributed by atoms with Gasteiger partial charge in [-0.15, -0.1) is 0 Å². The molecule has 1 aliphatic carbocycles. The lowest BCUT2D eigenvalue weighted by atomic mass is 9.80. The number of fused-ring (bicyclic) bond motifs is 1. The van der Waals surface area contributed by atoms with E-state index >= 15 is 0 Å². The zero-order valence-corrected chi connectivity index (χ0v) is 20.4. The highest BCUT2D eigenvalue weighted by Crippen LogP contribution is 2.51. The Hall–Kier alpha value is -3.62. The third kappa shape index (κ3) is 5.08. The van der Waals surface area contributed by atoms with Gasteiger partial charge in [-0.25, -0.2) is 14.6 Å². The zero-order valence-electron chi connectivity index (χ0n) is 20.4. The molecule has 186 valence electrons. The summed E-state index contributed by atoms with van der Waals surface area (Å²) in [5, 5.41) is 2.98. The predicted molar refractivity (Wildman–Crippen MR) is 128 cm³/mol. The van der Waals surface area contributed by atoms with E-state index < -0.39 is 18.1 Å². The molecule has 1 aliphatic heterocycles. The number of methoxy groups -OCH3 is 1. The molecule has 3 atom stereocenters. The fraction of sp³-hybridized carbons (Fsp3) is 0.462. The molecule has 35 heavy (non-hydrogen) atoms. The van der Waals surface area contributed by atoms with E-state index in [1.165, 1.54) is 14.0 Å². The summed E-state index contributed by atoms with van der Waals surface area (Å²) in [6, 6.07) is 10.3. The van der Waals surface area contributed by atoms with Gasteiger partial charge in [-0.2, -0.15) is 0 Å². The van der Waals surface area contributed by atoms with E-state index in [1.54, 1.807) is 17.9 Å². The number of aromatic nitrogens is 1. The van der Waals surface area contributed by atoms with Crippen LogP contribution in [0.15, 0.2) is 36.4 Å². The standard InChI is InChI=1S/C26H31N3O6/c1-5-34-25(31)20-13-19-21(28-26(32)35-14-17-9-7-6-8-10-17)15(2)22(18-11-12-18)29(16(3)30)23(19)24(27-20)33-4/h6-10,13,15,18,21-22H,5,11-12,14H2,1-4H3,(H,28,32)/t15-,21?,22-/m1/s1. The van der Waals surface area contributed by atoms with E-state index in [0.29, 0.717) is 17.2 Å². The highest BCUT2D eigenvalue weighted by molar-refractivity contribution is 5.97. The van der Waals surface area contributed by atoms with Crippen molar-refractivity contribution in [3.05, 3.63) is 53.2 Å². The summed E-state index contributed by atoms with van der Waals surface area (Å²) in [6.45, 7) is 5.53. The van der Waals surface area contributed by atoms with Gasteiger partial charge in [-0.3, -0.25) is 4.79 Å². The number of hydrogen-bond donors (Lipinski definition) is 1. The number of ether oxygens (including phenoxy) is 3. The molecule has 0 saturated heterocycles. The van der Waals surface area contributed by atoms with Crippen LogP contribution in [0.3, 0.4) is 0 Å². The van der Waals surface area contributed by atoms with Gasteiger partial charge in [0.2, 0.25) is 11.8 Å². The molecule has 1 aromatic carbocycles. The average molecular weight is 482 g/mol. The Morgan fingerprint density at radius 2 is 1.86 bits per heavy atom. The number of anilines is 1. The second-order valence-electron chi connectivity index (χ2n) is 8.93. The molecule has 2 aliphatic rings. The number of nitrogens with one attached hydrogen (secondary N) is 1.